The van der Waals surface area contributed by atoms with Gasteiger partial charge in [-0.25, -0.2) is 0 Å². The van der Waals surface area contributed by atoms with Crippen molar-refractivity contribution in [2.75, 3.05) is 49.1 Å². The third-order valence-corrected chi connectivity index (χ3v) is 6.76. The van der Waals surface area contributed by atoms with Gasteiger partial charge in [0.2, 0.25) is 0 Å². The summed E-state index contributed by atoms with van der Waals surface area (Å²) in [6, 6.07) is 10.6. The van der Waals surface area contributed by atoms with Gasteiger partial charge in [-0.1, -0.05) is 30.8 Å². The summed E-state index contributed by atoms with van der Waals surface area (Å²) in [5.41, 5.74) is 0.334. The largest absolute Gasteiger partial charge is 0.355 e. The fourth-order valence-corrected chi connectivity index (χ4v) is 4.68. The van der Waals surface area contributed by atoms with Gasteiger partial charge in [0.05, 0.1) is 5.56 Å². The predicted octanol–water partition coefficient (Wildman–Crippen LogP) is 3.99. The maximum absolute atomic E-state index is 12.9. The molecule has 6 nitrogen and oxygen atoms in total. The van der Waals surface area contributed by atoms with Crippen LogP contribution in [0.25, 0.3) is 0 Å². The summed E-state index contributed by atoms with van der Waals surface area (Å²) in [5, 5.41) is 8.84. The minimum Gasteiger partial charge on any atom is -0.355 e. The van der Waals surface area contributed by atoms with Crippen molar-refractivity contribution in [1.82, 2.24) is 15.1 Å². The molecule has 2 aliphatic heterocycles. The van der Waals surface area contributed by atoms with Gasteiger partial charge in [-0.05, 0) is 43.0 Å². The number of carbonyl (C=O) groups is 1. The summed E-state index contributed by atoms with van der Waals surface area (Å²) in [4.78, 5) is 19.3. The second-order valence-electron chi connectivity index (χ2n) is 8.07. The Balaban J connectivity index is 1.35. The van der Waals surface area contributed by atoms with Gasteiger partial charge >= 0.3 is 0 Å². The zero-order chi connectivity index (χ0) is 21.8. The molecule has 166 valence electrons. The van der Waals surface area contributed by atoms with E-state index in [1.807, 2.05) is 12.1 Å². The van der Waals surface area contributed by atoms with Crippen molar-refractivity contribution >= 4 is 29.3 Å². The highest BCUT2D eigenvalue weighted by molar-refractivity contribution is 7.99. The molecule has 2 fully saturated rings. The summed E-state index contributed by atoms with van der Waals surface area (Å²) in [7, 11) is 0. The van der Waals surface area contributed by atoms with Crippen molar-refractivity contribution in [1.29, 1.82) is 0 Å². The molecule has 0 N–H and O–H groups in total. The van der Waals surface area contributed by atoms with E-state index in [1.54, 1.807) is 29.2 Å². The van der Waals surface area contributed by atoms with Gasteiger partial charge in [-0.2, -0.15) is 8.78 Å². The van der Waals surface area contributed by atoms with Crippen molar-refractivity contribution in [2.45, 2.75) is 30.4 Å². The number of aromatic nitrogens is 2. The van der Waals surface area contributed by atoms with Crippen molar-refractivity contribution < 1.29 is 13.6 Å². The van der Waals surface area contributed by atoms with E-state index in [9.17, 15) is 13.6 Å². The molecule has 2 aliphatic rings. The number of thioether (sulfide) groups is 1. The first-order valence-corrected chi connectivity index (χ1v) is 11.6. The molecule has 0 aliphatic carbocycles. The van der Waals surface area contributed by atoms with E-state index >= 15 is 0 Å². The molecule has 0 bridgehead atoms. The van der Waals surface area contributed by atoms with Crippen LogP contribution >= 0.6 is 11.8 Å². The zero-order valence-electron chi connectivity index (χ0n) is 17.6. The van der Waals surface area contributed by atoms with Gasteiger partial charge in [0.15, 0.2) is 11.6 Å². The lowest BCUT2D eigenvalue weighted by molar-refractivity contribution is 0.0743. The second-order valence-corrected chi connectivity index (χ2v) is 9.11. The predicted molar refractivity (Wildman–Crippen MR) is 119 cm³/mol. The minimum absolute atomic E-state index is 0.204. The number of amides is 1. The molecule has 31 heavy (non-hydrogen) atoms. The highest BCUT2D eigenvalue weighted by atomic mass is 32.2. The molecular formula is C22H27F2N5OS. The maximum Gasteiger partial charge on any atom is 0.288 e. The van der Waals surface area contributed by atoms with E-state index < -0.39 is 5.76 Å². The summed E-state index contributed by atoms with van der Waals surface area (Å²) in [6.45, 7) is 6.60. The molecule has 1 amide bonds. The molecule has 3 heterocycles. The minimum atomic E-state index is -2.55. The number of rotatable bonds is 5. The second kappa shape index (κ2) is 9.80. The number of nitrogens with zero attached hydrogens (tertiary/aromatic N) is 5. The molecule has 0 radical (unpaired) electrons. The molecule has 0 spiro atoms. The Labute approximate surface area is 185 Å². The standard InChI is InChI=1S/C22H27F2N5OS/c1-16-8-10-27(11-9-16)19-6-7-20(26-25-19)28-12-14-29(15-13-28)21(30)17-4-2-3-5-18(17)31-22(23)24/h2-7,16,22H,8-15H2,1H3. The highest BCUT2D eigenvalue weighted by Gasteiger charge is 2.26. The van der Waals surface area contributed by atoms with Gasteiger partial charge < -0.3 is 14.7 Å². The summed E-state index contributed by atoms with van der Waals surface area (Å²) in [5.74, 6) is -0.277. The van der Waals surface area contributed by atoms with Gasteiger partial charge in [-0.3, -0.25) is 4.79 Å². The van der Waals surface area contributed by atoms with E-state index in [1.165, 1.54) is 12.8 Å². The van der Waals surface area contributed by atoms with Crippen molar-refractivity contribution in [3.8, 4) is 0 Å². The molecule has 1 aromatic heterocycles. The third kappa shape index (κ3) is 5.26. The lowest BCUT2D eigenvalue weighted by atomic mass is 9.99. The Morgan fingerprint density at radius 1 is 0.935 bits per heavy atom. The van der Waals surface area contributed by atoms with E-state index in [4.69, 9.17) is 0 Å². The summed E-state index contributed by atoms with van der Waals surface area (Å²) < 4.78 is 25.6. The smallest absolute Gasteiger partial charge is 0.288 e. The van der Waals surface area contributed by atoms with Crippen LogP contribution in [0.2, 0.25) is 0 Å². The summed E-state index contributed by atoms with van der Waals surface area (Å²) in [6.07, 6.45) is 2.36. The molecule has 2 saturated heterocycles. The van der Waals surface area contributed by atoms with Crippen LogP contribution in [-0.4, -0.2) is 66.0 Å². The van der Waals surface area contributed by atoms with Crippen molar-refractivity contribution in [3.05, 3.63) is 42.0 Å². The molecule has 0 saturated carbocycles. The Morgan fingerprint density at radius 2 is 1.52 bits per heavy atom. The Morgan fingerprint density at radius 3 is 2.10 bits per heavy atom. The lowest BCUT2D eigenvalue weighted by Gasteiger charge is -2.35. The Hall–Kier alpha value is -2.42. The molecule has 4 rings (SSSR count). The molecule has 0 unspecified atom stereocenters. The van der Waals surface area contributed by atoms with Gasteiger partial charge in [0, 0.05) is 44.2 Å². The first-order chi connectivity index (χ1) is 15.0. The van der Waals surface area contributed by atoms with Crippen LogP contribution < -0.4 is 9.80 Å². The Kier molecular flexibility index (Phi) is 6.89. The first kappa shape index (κ1) is 21.8. The summed E-state index contributed by atoms with van der Waals surface area (Å²) >= 11 is 0.414. The molecule has 9 heteroatoms. The van der Waals surface area contributed by atoms with Gasteiger partial charge in [0.25, 0.3) is 11.7 Å². The fourth-order valence-electron chi connectivity index (χ4n) is 4.04. The van der Waals surface area contributed by atoms with Crippen LogP contribution in [-0.2, 0) is 0 Å². The maximum atomic E-state index is 12.9. The first-order valence-electron chi connectivity index (χ1n) is 10.7. The SMILES string of the molecule is CC1CCN(c2ccc(N3CCN(C(=O)c4ccccc4SC(F)F)CC3)nn2)CC1. The molecule has 0 atom stereocenters. The number of hydrogen-bond donors (Lipinski definition) is 0. The van der Waals surface area contributed by atoms with E-state index in [2.05, 4.69) is 26.9 Å². The van der Waals surface area contributed by atoms with Crippen molar-refractivity contribution in [2.24, 2.45) is 5.92 Å². The number of alkyl halides is 2. The van der Waals surface area contributed by atoms with Crippen LogP contribution in [0.5, 0.6) is 0 Å². The Bertz CT molecular complexity index is 882. The average molecular weight is 448 g/mol. The van der Waals surface area contributed by atoms with E-state index in [0.29, 0.717) is 48.4 Å². The van der Waals surface area contributed by atoms with Crippen molar-refractivity contribution in [3.63, 3.8) is 0 Å². The number of hydrogen-bond acceptors (Lipinski definition) is 6. The number of anilines is 2. The zero-order valence-corrected chi connectivity index (χ0v) is 18.4. The molecule has 2 aromatic rings. The van der Waals surface area contributed by atoms with Crippen LogP contribution in [0.1, 0.15) is 30.1 Å². The average Bonchev–Trinajstić information content (AvgIpc) is 2.79. The van der Waals surface area contributed by atoms with Crippen LogP contribution in [0.15, 0.2) is 41.3 Å². The lowest BCUT2D eigenvalue weighted by Crippen LogP contribution is -2.49. The third-order valence-electron chi connectivity index (χ3n) is 5.97. The number of carbonyl (C=O) groups excluding carboxylic acids is 1. The van der Waals surface area contributed by atoms with Crippen LogP contribution in [0, 0.1) is 5.92 Å². The van der Waals surface area contributed by atoms with E-state index in [-0.39, 0.29) is 5.91 Å². The quantitative estimate of drug-likeness (QED) is 0.646. The number of benzene rings is 1. The van der Waals surface area contributed by atoms with Gasteiger partial charge in [-0.15, -0.1) is 10.2 Å². The van der Waals surface area contributed by atoms with Crippen LogP contribution in [0.3, 0.4) is 0 Å². The number of halogens is 2. The molecular weight excluding hydrogens is 420 g/mol. The van der Waals surface area contributed by atoms with E-state index in [0.717, 1.165) is 30.6 Å². The number of piperidine rings is 1. The topological polar surface area (TPSA) is 52.6 Å². The highest BCUT2D eigenvalue weighted by Crippen LogP contribution is 2.29. The molecule has 1 aromatic carbocycles. The monoisotopic (exact) mass is 447 g/mol. The fraction of sp³-hybridized carbons (Fsp3) is 0.500. The number of piperazine rings is 1. The normalized spacial score (nSPS) is 18.0. The van der Waals surface area contributed by atoms with Crippen LogP contribution in [0.4, 0.5) is 20.4 Å². The van der Waals surface area contributed by atoms with Gasteiger partial charge in [0.1, 0.15) is 0 Å².